The van der Waals surface area contributed by atoms with E-state index in [4.69, 9.17) is 9.47 Å². The Balaban J connectivity index is 1.48. The van der Waals surface area contributed by atoms with Gasteiger partial charge in [0.2, 0.25) is 5.91 Å². The molecule has 28 heavy (non-hydrogen) atoms. The fourth-order valence-electron chi connectivity index (χ4n) is 2.56. The Morgan fingerprint density at radius 3 is 2.96 bits per heavy atom. The lowest BCUT2D eigenvalue weighted by Gasteiger charge is -2.11. The number of carbonyl (C=O) groups is 1. The van der Waals surface area contributed by atoms with Crippen LogP contribution >= 0.6 is 23.1 Å². The van der Waals surface area contributed by atoms with Crippen molar-refractivity contribution in [2.24, 2.45) is 0 Å². The van der Waals surface area contributed by atoms with Crippen molar-refractivity contribution in [3.63, 3.8) is 0 Å². The summed E-state index contributed by atoms with van der Waals surface area (Å²) in [4.78, 5) is 29.1. The third-order valence-electron chi connectivity index (χ3n) is 3.86. The normalized spacial score (nSPS) is 10.8. The maximum Gasteiger partial charge on any atom is 0.258 e. The van der Waals surface area contributed by atoms with Crippen LogP contribution in [-0.4, -0.2) is 34.8 Å². The number of amides is 1. The Morgan fingerprint density at radius 1 is 1.32 bits per heavy atom. The highest BCUT2D eigenvalue weighted by Crippen LogP contribution is 2.28. The second-order valence-corrected chi connectivity index (χ2v) is 7.69. The Labute approximate surface area is 170 Å². The molecule has 0 aliphatic rings. The van der Waals surface area contributed by atoms with Crippen molar-refractivity contribution in [1.82, 2.24) is 14.7 Å². The molecule has 0 saturated carbocycles. The lowest BCUT2D eigenvalue weighted by molar-refractivity contribution is -0.118. The van der Waals surface area contributed by atoms with Gasteiger partial charge in [-0.05, 0) is 24.6 Å². The summed E-state index contributed by atoms with van der Waals surface area (Å²) in [6, 6.07) is 7.10. The maximum atomic E-state index is 12.1. The van der Waals surface area contributed by atoms with Crippen molar-refractivity contribution < 1.29 is 14.3 Å². The summed E-state index contributed by atoms with van der Waals surface area (Å²) in [7, 11) is 1.59. The fourth-order valence-corrected chi connectivity index (χ4v) is 4.04. The molecule has 7 nitrogen and oxygen atoms in total. The molecule has 0 atom stereocenters. The Kier molecular flexibility index (Phi) is 6.94. The van der Waals surface area contributed by atoms with E-state index in [1.807, 2.05) is 30.5 Å². The summed E-state index contributed by atoms with van der Waals surface area (Å²) >= 11 is 2.84. The first-order chi connectivity index (χ1) is 13.6. The van der Waals surface area contributed by atoms with Crippen molar-refractivity contribution in [3.8, 4) is 11.5 Å². The molecule has 0 radical (unpaired) electrons. The van der Waals surface area contributed by atoms with E-state index in [1.165, 1.54) is 33.6 Å². The van der Waals surface area contributed by atoms with Gasteiger partial charge in [-0.15, -0.1) is 23.1 Å². The van der Waals surface area contributed by atoms with Crippen LogP contribution in [0.5, 0.6) is 11.5 Å². The lowest BCUT2D eigenvalue weighted by Crippen LogP contribution is -2.24. The second-order valence-electron chi connectivity index (χ2n) is 5.83. The highest BCUT2D eigenvalue weighted by atomic mass is 32.2. The maximum absolute atomic E-state index is 12.1. The zero-order chi connectivity index (χ0) is 19.9. The number of aromatic nitrogens is 2. The number of thiazole rings is 1. The van der Waals surface area contributed by atoms with E-state index >= 15 is 0 Å². The monoisotopic (exact) mass is 419 g/mol. The molecule has 0 bridgehead atoms. The Hall–Kier alpha value is -2.52. The van der Waals surface area contributed by atoms with Crippen molar-refractivity contribution in [2.75, 3.05) is 19.5 Å². The molecule has 0 unspecified atom stereocenters. The predicted octanol–water partition coefficient (Wildman–Crippen LogP) is 2.71. The van der Waals surface area contributed by atoms with Crippen molar-refractivity contribution in [2.45, 2.75) is 19.2 Å². The van der Waals surface area contributed by atoms with Gasteiger partial charge >= 0.3 is 0 Å². The quantitative estimate of drug-likeness (QED) is 0.574. The van der Waals surface area contributed by atoms with Gasteiger partial charge in [0.05, 0.1) is 25.2 Å². The molecule has 3 aromatic rings. The van der Waals surface area contributed by atoms with Gasteiger partial charge in [0, 0.05) is 29.9 Å². The van der Waals surface area contributed by atoms with E-state index in [-0.39, 0.29) is 11.5 Å². The average Bonchev–Trinajstić information content (AvgIpc) is 3.16. The smallest absolute Gasteiger partial charge is 0.258 e. The van der Waals surface area contributed by atoms with Crippen LogP contribution in [0.4, 0.5) is 0 Å². The molecule has 148 valence electrons. The number of hydrogen-bond acceptors (Lipinski definition) is 7. The molecule has 1 N–H and O–H groups in total. The standard InChI is InChI=1S/C19H21N3O4S2/c1-3-26-15-5-4-13(8-16(15)25-2)10-20-17(23)12-27-11-14-9-18(24)22-6-7-28-19(22)21-14/h4-9H,3,10-12H2,1-2H3,(H,20,23). The molecule has 9 heteroatoms. The topological polar surface area (TPSA) is 81.9 Å². The molecule has 3 rings (SSSR count). The summed E-state index contributed by atoms with van der Waals surface area (Å²) in [5, 5.41) is 4.71. The minimum absolute atomic E-state index is 0.0771. The molecule has 2 aromatic heterocycles. The number of nitrogens with zero attached hydrogens (tertiary/aromatic N) is 2. The molecule has 0 aliphatic heterocycles. The van der Waals surface area contributed by atoms with E-state index in [1.54, 1.807) is 13.3 Å². The summed E-state index contributed by atoms with van der Waals surface area (Å²) < 4.78 is 12.3. The van der Waals surface area contributed by atoms with E-state index in [0.29, 0.717) is 46.8 Å². The van der Waals surface area contributed by atoms with E-state index < -0.39 is 0 Å². The lowest BCUT2D eigenvalue weighted by atomic mass is 10.2. The van der Waals surface area contributed by atoms with Gasteiger partial charge in [0.1, 0.15) is 0 Å². The first-order valence-corrected chi connectivity index (χ1v) is 10.7. The zero-order valence-electron chi connectivity index (χ0n) is 15.6. The fraction of sp³-hybridized carbons (Fsp3) is 0.316. The van der Waals surface area contributed by atoms with Crippen LogP contribution in [0.3, 0.4) is 0 Å². The van der Waals surface area contributed by atoms with Crippen LogP contribution in [0.1, 0.15) is 18.2 Å². The highest BCUT2D eigenvalue weighted by Gasteiger charge is 2.08. The molecule has 2 heterocycles. The molecule has 1 amide bonds. The summed E-state index contributed by atoms with van der Waals surface area (Å²) in [5.41, 5.74) is 1.51. The van der Waals surface area contributed by atoms with Gasteiger partial charge in [-0.3, -0.25) is 14.0 Å². The van der Waals surface area contributed by atoms with Gasteiger partial charge in [0.15, 0.2) is 16.5 Å². The van der Waals surface area contributed by atoms with Crippen LogP contribution in [0, 0.1) is 0 Å². The molecular weight excluding hydrogens is 398 g/mol. The largest absolute Gasteiger partial charge is 0.493 e. The number of methoxy groups -OCH3 is 1. The van der Waals surface area contributed by atoms with E-state index in [2.05, 4.69) is 10.3 Å². The van der Waals surface area contributed by atoms with Crippen molar-refractivity contribution >= 4 is 34.0 Å². The highest BCUT2D eigenvalue weighted by molar-refractivity contribution is 7.99. The molecule has 1 aromatic carbocycles. The van der Waals surface area contributed by atoms with Crippen LogP contribution in [-0.2, 0) is 17.1 Å². The van der Waals surface area contributed by atoms with E-state index in [0.717, 1.165) is 5.56 Å². The summed E-state index contributed by atoms with van der Waals surface area (Å²) in [6.45, 7) is 2.88. The van der Waals surface area contributed by atoms with Gasteiger partial charge in [-0.25, -0.2) is 4.98 Å². The number of benzene rings is 1. The molecule has 0 aliphatic carbocycles. The third-order valence-corrected chi connectivity index (χ3v) is 5.58. The molecular formula is C19H21N3O4S2. The average molecular weight is 420 g/mol. The van der Waals surface area contributed by atoms with Crippen molar-refractivity contribution in [1.29, 1.82) is 0 Å². The predicted molar refractivity (Wildman–Crippen MR) is 112 cm³/mol. The third kappa shape index (κ3) is 5.05. The van der Waals surface area contributed by atoms with Gasteiger partial charge < -0.3 is 14.8 Å². The zero-order valence-corrected chi connectivity index (χ0v) is 17.3. The van der Waals surface area contributed by atoms with Gasteiger partial charge in [-0.1, -0.05) is 6.07 Å². The van der Waals surface area contributed by atoms with Crippen LogP contribution < -0.4 is 20.3 Å². The van der Waals surface area contributed by atoms with Crippen LogP contribution in [0.2, 0.25) is 0 Å². The SMILES string of the molecule is CCOc1ccc(CNC(=O)CSCc2cc(=O)n3ccsc3n2)cc1OC. The minimum Gasteiger partial charge on any atom is -0.493 e. The molecule has 0 saturated heterocycles. The Morgan fingerprint density at radius 2 is 2.18 bits per heavy atom. The minimum atomic E-state index is -0.101. The number of carbonyl (C=O) groups excluding carboxylic acids is 1. The summed E-state index contributed by atoms with van der Waals surface area (Å²) in [6.07, 6.45) is 1.70. The van der Waals surface area contributed by atoms with Gasteiger partial charge in [-0.2, -0.15) is 0 Å². The first-order valence-electron chi connectivity index (χ1n) is 8.70. The molecule has 0 spiro atoms. The summed E-state index contributed by atoms with van der Waals surface area (Å²) in [5.74, 6) is 2.05. The number of thioether (sulfide) groups is 1. The number of rotatable bonds is 9. The molecule has 0 fully saturated rings. The van der Waals surface area contributed by atoms with Gasteiger partial charge in [0.25, 0.3) is 5.56 Å². The van der Waals surface area contributed by atoms with Crippen molar-refractivity contribution in [3.05, 3.63) is 57.5 Å². The number of ether oxygens (including phenoxy) is 2. The Bertz CT molecular complexity index is 1020. The first kappa shape index (κ1) is 20.2. The second kappa shape index (κ2) is 9.61. The number of nitrogens with one attached hydrogen (secondary N) is 1. The van der Waals surface area contributed by atoms with Crippen LogP contribution in [0.15, 0.2) is 40.6 Å². The van der Waals surface area contributed by atoms with E-state index in [9.17, 15) is 9.59 Å². The van der Waals surface area contributed by atoms with Crippen LogP contribution in [0.25, 0.3) is 4.96 Å². The number of fused-ring (bicyclic) bond motifs is 1. The number of hydrogen-bond donors (Lipinski definition) is 1.